The molecule has 1 fully saturated rings. The fraction of sp³-hybridized carbons (Fsp3) is 0.462. The highest BCUT2D eigenvalue weighted by atomic mass is 35.5. The van der Waals surface area contributed by atoms with E-state index in [0.717, 1.165) is 47.4 Å². The van der Waals surface area contributed by atoms with Crippen molar-refractivity contribution >= 4 is 39.1 Å². The fourth-order valence-electron chi connectivity index (χ4n) is 4.46. The fourth-order valence-corrected chi connectivity index (χ4v) is 5.57. The van der Waals surface area contributed by atoms with Gasteiger partial charge in [-0.1, -0.05) is 60.3 Å². The van der Waals surface area contributed by atoms with Gasteiger partial charge in [0, 0.05) is 17.6 Å². The van der Waals surface area contributed by atoms with Crippen LogP contribution in [0, 0.1) is 13.8 Å². The molecule has 0 heterocycles. The van der Waals surface area contributed by atoms with Crippen molar-refractivity contribution < 1.29 is 18.0 Å². The van der Waals surface area contributed by atoms with E-state index in [1.165, 1.54) is 4.90 Å². The number of halogens is 1. The minimum atomic E-state index is -3.77. The molecule has 1 unspecified atom stereocenters. The molecule has 2 amide bonds. The van der Waals surface area contributed by atoms with E-state index in [1.54, 1.807) is 31.2 Å². The highest BCUT2D eigenvalue weighted by Crippen LogP contribution is 2.25. The van der Waals surface area contributed by atoms with Crippen LogP contribution in [0.3, 0.4) is 0 Å². The number of nitrogens with one attached hydrogen (secondary N) is 1. The second-order valence-electron chi connectivity index (χ2n) is 9.34. The van der Waals surface area contributed by atoms with Crippen LogP contribution in [0.4, 0.5) is 5.69 Å². The van der Waals surface area contributed by atoms with Crippen molar-refractivity contribution in [3.05, 3.63) is 64.2 Å². The predicted octanol–water partition coefficient (Wildman–Crippen LogP) is 4.20. The van der Waals surface area contributed by atoms with Gasteiger partial charge in [0.1, 0.15) is 12.6 Å². The summed E-state index contributed by atoms with van der Waals surface area (Å²) in [6.07, 6.45) is 5.06. The Balaban J connectivity index is 1.91. The van der Waals surface area contributed by atoms with Crippen molar-refractivity contribution in [2.45, 2.75) is 65.1 Å². The van der Waals surface area contributed by atoms with Crippen LogP contribution in [0.25, 0.3) is 0 Å². The molecular weight excluding hydrogens is 486 g/mol. The molecular formula is C26H34ClN3O4S. The topological polar surface area (TPSA) is 86.8 Å². The van der Waals surface area contributed by atoms with Crippen molar-refractivity contribution in [3.8, 4) is 0 Å². The van der Waals surface area contributed by atoms with Gasteiger partial charge in [-0.25, -0.2) is 8.42 Å². The minimum absolute atomic E-state index is 0.0856. The number of anilines is 1. The van der Waals surface area contributed by atoms with Gasteiger partial charge in [0.2, 0.25) is 21.8 Å². The molecule has 0 bridgehead atoms. The summed E-state index contributed by atoms with van der Waals surface area (Å²) in [7, 11) is -3.77. The average molecular weight is 520 g/mol. The zero-order chi connectivity index (χ0) is 25.8. The summed E-state index contributed by atoms with van der Waals surface area (Å²) in [4.78, 5) is 28.2. The zero-order valence-electron chi connectivity index (χ0n) is 20.8. The van der Waals surface area contributed by atoms with Gasteiger partial charge < -0.3 is 10.2 Å². The lowest BCUT2D eigenvalue weighted by atomic mass is 10.1. The van der Waals surface area contributed by atoms with Crippen molar-refractivity contribution in [2.24, 2.45) is 0 Å². The molecule has 0 saturated heterocycles. The van der Waals surface area contributed by atoms with Gasteiger partial charge in [0.15, 0.2) is 0 Å². The third-order valence-electron chi connectivity index (χ3n) is 6.47. The molecule has 9 heteroatoms. The van der Waals surface area contributed by atoms with E-state index in [0.29, 0.717) is 16.3 Å². The molecule has 0 aromatic heterocycles. The van der Waals surface area contributed by atoms with E-state index < -0.39 is 28.5 Å². The summed E-state index contributed by atoms with van der Waals surface area (Å²) >= 11 is 6.36. The van der Waals surface area contributed by atoms with Crippen LogP contribution in [-0.2, 0) is 26.2 Å². The third-order valence-corrected chi connectivity index (χ3v) is 7.96. The zero-order valence-corrected chi connectivity index (χ0v) is 22.3. The number of nitrogens with zero attached hydrogens (tertiary/aromatic N) is 2. The van der Waals surface area contributed by atoms with Gasteiger partial charge >= 0.3 is 0 Å². The summed E-state index contributed by atoms with van der Waals surface area (Å²) in [5.41, 5.74) is 2.85. The Morgan fingerprint density at radius 3 is 2.37 bits per heavy atom. The molecule has 1 aliphatic rings. The van der Waals surface area contributed by atoms with E-state index in [1.807, 2.05) is 32.0 Å². The minimum Gasteiger partial charge on any atom is -0.352 e. The van der Waals surface area contributed by atoms with Crippen molar-refractivity contribution in [1.29, 1.82) is 0 Å². The normalized spacial score (nSPS) is 15.0. The molecule has 1 aliphatic carbocycles. The summed E-state index contributed by atoms with van der Waals surface area (Å²) in [5, 5.41) is 3.52. The Morgan fingerprint density at radius 1 is 1.11 bits per heavy atom. The van der Waals surface area contributed by atoms with Crippen molar-refractivity contribution in [2.75, 3.05) is 17.1 Å². The maximum absolute atomic E-state index is 13.6. The van der Waals surface area contributed by atoms with Crippen LogP contribution in [0.2, 0.25) is 5.02 Å². The third kappa shape index (κ3) is 6.98. The Kier molecular flexibility index (Phi) is 8.83. The maximum atomic E-state index is 13.6. The predicted molar refractivity (Wildman–Crippen MR) is 140 cm³/mol. The number of sulfonamides is 1. The van der Waals surface area contributed by atoms with Crippen LogP contribution >= 0.6 is 11.6 Å². The summed E-state index contributed by atoms with van der Waals surface area (Å²) in [6, 6.07) is 11.8. The highest BCUT2D eigenvalue weighted by molar-refractivity contribution is 7.92. The maximum Gasteiger partial charge on any atom is 0.244 e. The van der Waals surface area contributed by atoms with E-state index >= 15 is 0 Å². The Labute approximate surface area is 213 Å². The smallest absolute Gasteiger partial charge is 0.244 e. The van der Waals surface area contributed by atoms with Gasteiger partial charge in [-0.05, 0) is 56.9 Å². The van der Waals surface area contributed by atoms with Crippen LogP contribution in [0.15, 0.2) is 42.5 Å². The number of amides is 2. The molecule has 35 heavy (non-hydrogen) atoms. The summed E-state index contributed by atoms with van der Waals surface area (Å²) in [5.74, 6) is -0.737. The lowest BCUT2D eigenvalue weighted by Gasteiger charge is -2.32. The van der Waals surface area contributed by atoms with Crippen molar-refractivity contribution in [3.63, 3.8) is 0 Å². The van der Waals surface area contributed by atoms with Gasteiger partial charge in [-0.15, -0.1) is 0 Å². The van der Waals surface area contributed by atoms with Crippen LogP contribution in [-0.4, -0.2) is 50.0 Å². The molecule has 190 valence electrons. The Hall–Kier alpha value is -2.58. The molecule has 1 N–H and O–H groups in total. The first kappa shape index (κ1) is 27.0. The molecule has 1 saturated carbocycles. The van der Waals surface area contributed by atoms with E-state index in [4.69, 9.17) is 11.6 Å². The summed E-state index contributed by atoms with van der Waals surface area (Å²) < 4.78 is 26.6. The Morgan fingerprint density at radius 2 is 1.77 bits per heavy atom. The number of carbonyl (C=O) groups is 2. The first-order valence-electron chi connectivity index (χ1n) is 11.9. The average Bonchev–Trinajstić information content (AvgIpc) is 3.29. The first-order valence-corrected chi connectivity index (χ1v) is 14.1. The number of aryl methyl sites for hydroxylation is 2. The number of hydrogen-bond acceptors (Lipinski definition) is 4. The Bertz CT molecular complexity index is 1180. The standard InChI is InChI=1S/C26H34ClN3O4S/c1-18-13-14-24(19(2)15-18)30(35(4,33)34)17-25(31)29(16-21-9-5-8-12-23(21)27)20(3)26(32)28-22-10-6-7-11-22/h5,8-9,12-15,20,22H,6-7,10-11,16-17H2,1-4H3,(H,28,32). The van der Waals surface area contributed by atoms with Crippen LogP contribution in [0.5, 0.6) is 0 Å². The number of hydrogen-bond donors (Lipinski definition) is 1. The molecule has 0 radical (unpaired) electrons. The molecule has 2 aromatic carbocycles. The van der Waals surface area contributed by atoms with Crippen molar-refractivity contribution in [1.82, 2.24) is 10.2 Å². The molecule has 7 nitrogen and oxygen atoms in total. The van der Waals surface area contributed by atoms with Crippen LogP contribution in [0.1, 0.15) is 49.3 Å². The number of rotatable bonds is 9. The lowest BCUT2D eigenvalue weighted by Crippen LogP contribution is -2.52. The largest absolute Gasteiger partial charge is 0.352 e. The molecule has 1 atom stereocenters. The van der Waals surface area contributed by atoms with E-state index in [-0.39, 0.29) is 18.5 Å². The monoisotopic (exact) mass is 519 g/mol. The second kappa shape index (κ2) is 11.4. The van der Waals surface area contributed by atoms with Gasteiger partial charge in [0.25, 0.3) is 0 Å². The molecule has 3 rings (SSSR count). The quantitative estimate of drug-likeness (QED) is 0.538. The van der Waals surface area contributed by atoms with Crippen LogP contribution < -0.4 is 9.62 Å². The van der Waals surface area contributed by atoms with Gasteiger partial charge in [0.05, 0.1) is 11.9 Å². The molecule has 0 aliphatic heterocycles. The first-order chi connectivity index (χ1) is 16.5. The van der Waals surface area contributed by atoms with E-state index in [2.05, 4.69) is 5.32 Å². The number of benzene rings is 2. The van der Waals surface area contributed by atoms with E-state index in [9.17, 15) is 18.0 Å². The molecule has 0 spiro atoms. The van der Waals surface area contributed by atoms with Gasteiger partial charge in [-0.3, -0.25) is 13.9 Å². The molecule has 2 aromatic rings. The highest BCUT2D eigenvalue weighted by Gasteiger charge is 2.32. The van der Waals surface area contributed by atoms with Gasteiger partial charge in [-0.2, -0.15) is 0 Å². The second-order valence-corrected chi connectivity index (χ2v) is 11.7. The lowest BCUT2D eigenvalue weighted by molar-refractivity contribution is -0.139. The number of carbonyl (C=O) groups excluding carboxylic acids is 2. The SMILES string of the molecule is Cc1ccc(N(CC(=O)N(Cc2ccccc2Cl)C(C)C(=O)NC2CCCC2)S(C)(=O)=O)c(C)c1. The summed E-state index contributed by atoms with van der Waals surface area (Å²) in [6.45, 7) is 5.06.